The maximum absolute atomic E-state index is 4.55. The van der Waals surface area contributed by atoms with Gasteiger partial charge in [0.15, 0.2) is 0 Å². The predicted octanol–water partition coefficient (Wildman–Crippen LogP) is 2.80. The highest BCUT2D eigenvalue weighted by Crippen LogP contribution is 2.25. The lowest BCUT2D eigenvalue weighted by Crippen LogP contribution is -2.23. The number of aryl methyl sites for hydroxylation is 3. The first-order chi connectivity index (χ1) is 9.76. The molecule has 0 saturated carbocycles. The molecule has 0 fully saturated rings. The van der Waals surface area contributed by atoms with E-state index in [9.17, 15) is 0 Å². The highest BCUT2D eigenvalue weighted by molar-refractivity contribution is 5.36. The number of hydrogen-bond donors (Lipinski definition) is 1. The van der Waals surface area contributed by atoms with Crippen LogP contribution in [0.3, 0.4) is 0 Å². The molecule has 20 heavy (non-hydrogen) atoms. The van der Waals surface area contributed by atoms with Crippen molar-refractivity contribution in [3.8, 4) is 0 Å². The summed E-state index contributed by atoms with van der Waals surface area (Å²) in [7, 11) is 1.97. The SMILES string of the molecule is CCNC(Cc1ccc2c(c1)CCC2)c1ccn(C)n1. The average molecular weight is 269 g/mol. The van der Waals surface area contributed by atoms with Crippen LogP contribution in [0.2, 0.25) is 0 Å². The minimum Gasteiger partial charge on any atom is -0.309 e. The zero-order chi connectivity index (χ0) is 13.9. The highest BCUT2D eigenvalue weighted by Gasteiger charge is 2.16. The quantitative estimate of drug-likeness (QED) is 0.904. The lowest BCUT2D eigenvalue weighted by molar-refractivity contribution is 0.528. The van der Waals surface area contributed by atoms with Gasteiger partial charge in [0.2, 0.25) is 0 Å². The topological polar surface area (TPSA) is 29.9 Å². The van der Waals surface area contributed by atoms with Crippen molar-refractivity contribution in [1.29, 1.82) is 0 Å². The summed E-state index contributed by atoms with van der Waals surface area (Å²) in [5.74, 6) is 0. The van der Waals surface area contributed by atoms with Crippen molar-refractivity contribution >= 4 is 0 Å². The number of likely N-dealkylation sites (N-methyl/N-ethyl adjacent to an activating group) is 1. The van der Waals surface area contributed by atoms with Crippen LogP contribution in [0, 0.1) is 0 Å². The van der Waals surface area contributed by atoms with Gasteiger partial charge in [0, 0.05) is 13.2 Å². The number of rotatable bonds is 5. The number of benzene rings is 1. The van der Waals surface area contributed by atoms with Crippen molar-refractivity contribution in [3.05, 3.63) is 52.8 Å². The van der Waals surface area contributed by atoms with Crippen molar-refractivity contribution in [2.45, 2.75) is 38.6 Å². The summed E-state index contributed by atoms with van der Waals surface area (Å²) in [6, 6.07) is 9.42. The van der Waals surface area contributed by atoms with Gasteiger partial charge < -0.3 is 5.32 Å². The summed E-state index contributed by atoms with van der Waals surface area (Å²) in [4.78, 5) is 0. The van der Waals surface area contributed by atoms with Gasteiger partial charge >= 0.3 is 0 Å². The molecule has 1 atom stereocenters. The first-order valence-corrected chi connectivity index (χ1v) is 7.60. The van der Waals surface area contributed by atoms with E-state index in [0.717, 1.165) is 18.7 Å². The van der Waals surface area contributed by atoms with Crippen LogP contribution in [0.15, 0.2) is 30.5 Å². The smallest absolute Gasteiger partial charge is 0.0797 e. The van der Waals surface area contributed by atoms with E-state index in [-0.39, 0.29) is 0 Å². The van der Waals surface area contributed by atoms with Crippen molar-refractivity contribution in [2.75, 3.05) is 6.54 Å². The molecule has 0 aliphatic heterocycles. The third-order valence-corrected chi connectivity index (χ3v) is 4.14. The molecule has 0 spiro atoms. The van der Waals surface area contributed by atoms with Gasteiger partial charge in [-0.3, -0.25) is 4.68 Å². The Morgan fingerprint density at radius 1 is 1.25 bits per heavy atom. The predicted molar refractivity (Wildman–Crippen MR) is 81.8 cm³/mol. The number of nitrogens with zero attached hydrogens (tertiary/aromatic N) is 2. The van der Waals surface area contributed by atoms with E-state index in [0.29, 0.717) is 6.04 Å². The molecule has 1 aromatic heterocycles. The summed E-state index contributed by atoms with van der Waals surface area (Å²) in [5, 5.41) is 8.11. The molecule has 3 heteroatoms. The van der Waals surface area contributed by atoms with E-state index in [1.807, 2.05) is 17.9 Å². The van der Waals surface area contributed by atoms with E-state index in [4.69, 9.17) is 0 Å². The van der Waals surface area contributed by atoms with Crippen LogP contribution in [0.4, 0.5) is 0 Å². The van der Waals surface area contributed by atoms with Gasteiger partial charge in [-0.2, -0.15) is 5.10 Å². The lowest BCUT2D eigenvalue weighted by atomic mass is 9.99. The van der Waals surface area contributed by atoms with Gasteiger partial charge in [-0.1, -0.05) is 25.1 Å². The summed E-state index contributed by atoms with van der Waals surface area (Å²) in [6.45, 7) is 3.12. The van der Waals surface area contributed by atoms with Gasteiger partial charge in [0.05, 0.1) is 11.7 Å². The number of nitrogens with one attached hydrogen (secondary N) is 1. The van der Waals surface area contributed by atoms with Gasteiger partial charge in [-0.25, -0.2) is 0 Å². The standard InChI is InChI=1S/C17H23N3/c1-3-18-17(16-9-10-20(2)19-16)12-13-7-8-14-5-4-6-15(14)11-13/h7-11,17-18H,3-6,12H2,1-2H3. The molecule has 3 rings (SSSR count). The Labute approximate surface area is 121 Å². The minimum absolute atomic E-state index is 0.306. The average Bonchev–Trinajstić information content (AvgIpc) is 3.06. The van der Waals surface area contributed by atoms with Gasteiger partial charge in [0.1, 0.15) is 0 Å². The molecule has 3 nitrogen and oxygen atoms in total. The Hall–Kier alpha value is -1.61. The summed E-state index contributed by atoms with van der Waals surface area (Å²) >= 11 is 0. The first kappa shape index (κ1) is 13.4. The fourth-order valence-corrected chi connectivity index (χ4v) is 3.13. The second-order valence-electron chi connectivity index (χ2n) is 5.69. The van der Waals surface area contributed by atoms with Crippen LogP contribution < -0.4 is 5.32 Å². The molecule has 106 valence electrons. The number of aromatic nitrogens is 2. The Morgan fingerprint density at radius 2 is 2.10 bits per heavy atom. The normalized spacial score (nSPS) is 15.3. The zero-order valence-electron chi connectivity index (χ0n) is 12.4. The summed E-state index contributed by atoms with van der Waals surface area (Å²) < 4.78 is 1.88. The molecular weight excluding hydrogens is 246 g/mol. The maximum atomic E-state index is 4.55. The van der Waals surface area contributed by atoms with E-state index in [2.05, 4.69) is 41.6 Å². The van der Waals surface area contributed by atoms with Crippen molar-refractivity contribution in [3.63, 3.8) is 0 Å². The van der Waals surface area contributed by atoms with Crippen LogP contribution in [0.25, 0.3) is 0 Å². The maximum Gasteiger partial charge on any atom is 0.0797 e. The fourth-order valence-electron chi connectivity index (χ4n) is 3.13. The van der Waals surface area contributed by atoms with E-state index < -0.39 is 0 Å². The fraction of sp³-hybridized carbons (Fsp3) is 0.471. The van der Waals surface area contributed by atoms with Crippen molar-refractivity contribution in [1.82, 2.24) is 15.1 Å². The van der Waals surface area contributed by atoms with Crippen LogP contribution in [-0.2, 0) is 26.3 Å². The highest BCUT2D eigenvalue weighted by atomic mass is 15.3. The monoisotopic (exact) mass is 269 g/mol. The summed E-state index contributed by atoms with van der Waals surface area (Å²) in [6.07, 6.45) is 6.85. The first-order valence-electron chi connectivity index (χ1n) is 7.60. The van der Waals surface area contributed by atoms with Crippen molar-refractivity contribution < 1.29 is 0 Å². The molecule has 1 unspecified atom stereocenters. The lowest BCUT2D eigenvalue weighted by Gasteiger charge is -2.16. The molecular formula is C17H23N3. The Morgan fingerprint density at radius 3 is 2.85 bits per heavy atom. The molecule has 1 aromatic carbocycles. The molecule has 1 N–H and O–H groups in total. The Kier molecular flexibility index (Phi) is 3.88. The van der Waals surface area contributed by atoms with Crippen LogP contribution in [-0.4, -0.2) is 16.3 Å². The molecule has 0 saturated heterocycles. The van der Waals surface area contributed by atoms with Gasteiger partial charge in [-0.05, 0) is 55.0 Å². The molecule has 1 heterocycles. The molecule has 0 radical (unpaired) electrons. The molecule has 1 aliphatic rings. The second-order valence-corrected chi connectivity index (χ2v) is 5.69. The molecule has 2 aromatic rings. The van der Waals surface area contributed by atoms with Gasteiger partial charge in [0.25, 0.3) is 0 Å². The molecule has 0 amide bonds. The zero-order valence-corrected chi connectivity index (χ0v) is 12.4. The van der Waals surface area contributed by atoms with Gasteiger partial charge in [-0.15, -0.1) is 0 Å². The largest absolute Gasteiger partial charge is 0.309 e. The molecule has 1 aliphatic carbocycles. The Balaban J connectivity index is 1.79. The number of fused-ring (bicyclic) bond motifs is 1. The molecule has 0 bridgehead atoms. The minimum atomic E-state index is 0.306. The van der Waals surface area contributed by atoms with Crippen LogP contribution in [0.1, 0.15) is 41.8 Å². The van der Waals surface area contributed by atoms with E-state index in [1.54, 1.807) is 11.1 Å². The Bertz CT molecular complexity index is 586. The van der Waals surface area contributed by atoms with Crippen LogP contribution >= 0.6 is 0 Å². The van der Waals surface area contributed by atoms with E-state index in [1.165, 1.54) is 24.8 Å². The third kappa shape index (κ3) is 2.78. The van der Waals surface area contributed by atoms with Crippen molar-refractivity contribution in [2.24, 2.45) is 7.05 Å². The van der Waals surface area contributed by atoms with E-state index >= 15 is 0 Å². The summed E-state index contributed by atoms with van der Waals surface area (Å²) in [5.41, 5.74) is 5.66. The number of hydrogen-bond acceptors (Lipinski definition) is 2. The second kappa shape index (κ2) is 5.80. The third-order valence-electron chi connectivity index (χ3n) is 4.14. The van der Waals surface area contributed by atoms with Crippen LogP contribution in [0.5, 0.6) is 0 Å².